The number of pyridine rings is 1. The van der Waals surface area contributed by atoms with Crippen molar-refractivity contribution in [1.82, 2.24) is 15.3 Å². The number of aromatic amines is 1. The third kappa shape index (κ3) is 4.87. The normalized spacial score (nSPS) is 10.8. The van der Waals surface area contributed by atoms with E-state index in [2.05, 4.69) is 45.6 Å². The van der Waals surface area contributed by atoms with Crippen molar-refractivity contribution in [2.75, 3.05) is 13.7 Å². The highest BCUT2D eigenvalue weighted by Crippen LogP contribution is 2.23. The van der Waals surface area contributed by atoms with E-state index in [1.54, 1.807) is 7.11 Å². The summed E-state index contributed by atoms with van der Waals surface area (Å²) in [4.78, 5) is 19.7. The van der Waals surface area contributed by atoms with Crippen molar-refractivity contribution in [1.29, 1.82) is 0 Å². The number of fused-ring (bicyclic) bond motifs is 1. The summed E-state index contributed by atoms with van der Waals surface area (Å²) in [6.07, 6.45) is 6.02. The number of aromatic nitrogens is 2. The van der Waals surface area contributed by atoms with Gasteiger partial charge in [0.05, 0.1) is 13.5 Å². The summed E-state index contributed by atoms with van der Waals surface area (Å²) >= 11 is 0. The number of hydrogen-bond donors (Lipinski definition) is 2. The molecule has 4 rings (SSSR count). The lowest BCUT2D eigenvalue weighted by molar-refractivity contribution is -0.120. The Bertz CT molecular complexity index is 1120. The summed E-state index contributed by atoms with van der Waals surface area (Å²) < 4.78 is 5.14. The predicted molar refractivity (Wildman–Crippen MR) is 120 cm³/mol. The van der Waals surface area contributed by atoms with E-state index in [1.807, 2.05) is 42.7 Å². The second-order valence-electron chi connectivity index (χ2n) is 7.31. The van der Waals surface area contributed by atoms with Crippen LogP contribution in [0.1, 0.15) is 17.5 Å². The largest absolute Gasteiger partial charge is 0.497 e. The first-order valence-corrected chi connectivity index (χ1v) is 10.1. The van der Waals surface area contributed by atoms with Gasteiger partial charge in [-0.2, -0.15) is 0 Å². The maximum absolute atomic E-state index is 12.1. The number of ether oxygens (including phenoxy) is 1. The molecule has 2 aromatic carbocycles. The number of carbonyl (C=O) groups is 1. The van der Waals surface area contributed by atoms with Crippen LogP contribution in [0.4, 0.5) is 0 Å². The van der Waals surface area contributed by atoms with Gasteiger partial charge in [-0.25, -0.2) is 4.98 Å². The molecule has 4 aromatic rings. The lowest BCUT2D eigenvalue weighted by atomic mass is 10.0. The minimum absolute atomic E-state index is 0.0446. The van der Waals surface area contributed by atoms with Crippen molar-refractivity contribution in [3.8, 4) is 16.9 Å². The van der Waals surface area contributed by atoms with Crippen LogP contribution in [0.15, 0.2) is 73.1 Å². The number of hydrogen-bond acceptors (Lipinski definition) is 3. The number of amides is 1. The molecule has 30 heavy (non-hydrogen) atoms. The van der Waals surface area contributed by atoms with Crippen molar-refractivity contribution in [3.05, 3.63) is 84.2 Å². The average molecular weight is 399 g/mol. The Labute approximate surface area is 176 Å². The van der Waals surface area contributed by atoms with Crippen LogP contribution in [0.25, 0.3) is 22.2 Å². The van der Waals surface area contributed by atoms with Gasteiger partial charge in [-0.15, -0.1) is 0 Å². The van der Waals surface area contributed by atoms with E-state index in [4.69, 9.17) is 4.74 Å². The van der Waals surface area contributed by atoms with E-state index in [9.17, 15) is 4.79 Å². The predicted octanol–water partition coefficient (Wildman–Crippen LogP) is 4.53. The molecule has 152 valence electrons. The van der Waals surface area contributed by atoms with Crippen LogP contribution in [-0.2, 0) is 17.6 Å². The Morgan fingerprint density at radius 1 is 1.00 bits per heavy atom. The standard InChI is InChI=1S/C25H25N3O2/c1-30-23-10-6-19(7-11-23)15-24(29)26-13-2-3-18-4-8-20(9-5-18)22-16-21-12-14-27-25(21)28-17-22/h4-12,14,16-17H,2-3,13,15H2,1H3,(H,26,29)(H,27,28). The molecule has 0 aliphatic heterocycles. The van der Waals surface area contributed by atoms with E-state index in [1.165, 1.54) is 5.56 Å². The zero-order chi connectivity index (χ0) is 20.8. The molecule has 1 amide bonds. The highest BCUT2D eigenvalue weighted by atomic mass is 16.5. The Morgan fingerprint density at radius 3 is 2.53 bits per heavy atom. The van der Waals surface area contributed by atoms with Crippen molar-refractivity contribution in [2.24, 2.45) is 0 Å². The third-order valence-corrected chi connectivity index (χ3v) is 5.18. The summed E-state index contributed by atoms with van der Waals surface area (Å²) in [5, 5.41) is 4.11. The van der Waals surface area contributed by atoms with Gasteiger partial charge in [-0.3, -0.25) is 4.79 Å². The van der Waals surface area contributed by atoms with Gasteiger partial charge in [-0.05, 0) is 53.8 Å². The monoisotopic (exact) mass is 399 g/mol. The first kappa shape index (κ1) is 19.7. The number of methoxy groups -OCH3 is 1. The zero-order valence-electron chi connectivity index (χ0n) is 17.0. The van der Waals surface area contributed by atoms with Gasteiger partial charge in [0.2, 0.25) is 5.91 Å². The lowest BCUT2D eigenvalue weighted by Gasteiger charge is -2.07. The maximum atomic E-state index is 12.1. The fourth-order valence-corrected chi connectivity index (χ4v) is 3.47. The Morgan fingerprint density at radius 2 is 1.77 bits per heavy atom. The molecule has 0 atom stereocenters. The molecule has 2 N–H and O–H groups in total. The first-order valence-electron chi connectivity index (χ1n) is 10.1. The molecule has 0 aliphatic carbocycles. The zero-order valence-corrected chi connectivity index (χ0v) is 17.0. The summed E-state index contributed by atoms with van der Waals surface area (Å²) in [7, 11) is 1.63. The number of benzene rings is 2. The SMILES string of the molecule is COc1ccc(CC(=O)NCCCc2ccc(-c3cnc4[nH]ccc4c3)cc2)cc1. The number of nitrogens with zero attached hydrogens (tertiary/aromatic N) is 1. The minimum Gasteiger partial charge on any atom is -0.497 e. The maximum Gasteiger partial charge on any atom is 0.224 e. The third-order valence-electron chi connectivity index (χ3n) is 5.18. The fourth-order valence-electron chi connectivity index (χ4n) is 3.47. The van der Waals surface area contributed by atoms with Crippen molar-refractivity contribution in [2.45, 2.75) is 19.3 Å². The van der Waals surface area contributed by atoms with Gasteiger partial charge in [0.25, 0.3) is 0 Å². The van der Waals surface area contributed by atoms with Crippen LogP contribution in [0, 0.1) is 0 Å². The molecule has 0 bridgehead atoms. The topological polar surface area (TPSA) is 67.0 Å². The second kappa shape index (κ2) is 9.27. The van der Waals surface area contributed by atoms with E-state index in [0.29, 0.717) is 13.0 Å². The Hall–Kier alpha value is -3.60. The van der Waals surface area contributed by atoms with E-state index < -0.39 is 0 Å². The number of carbonyl (C=O) groups excluding carboxylic acids is 1. The second-order valence-corrected chi connectivity index (χ2v) is 7.31. The highest BCUT2D eigenvalue weighted by molar-refractivity contribution is 5.81. The molecule has 5 heteroatoms. The van der Waals surface area contributed by atoms with Gasteiger partial charge in [0.1, 0.15) is 11.4 Å². The summed E-state index contributed by atoms with van der Waals surface area (Å²) in [6, 6.07) is 20.3. The smallest absolute Gasteiger partial charge is 0.224 e. The van der Waals surface area contributed by atoms with Crippen molar-refractivity contribution < 1.29 is 9.53 Å². The Balaban J connectivity index is 1.23. The Kier molecular flexibility index (Phi) is 6.09. The molecular formula is C25H25N3O2. The lowest BCUT2D eigenvalue weighted by Crippen LogP contribution is -2.26. The van der Waals surface area contributed by atoms with Crippen LogP contribution in [-0.4, -0.2) is 29.5 Å². The number of rotatable bonds is 8. The molecule has 0 aliphatic rings. The molecule has 0 unspecified atom stereocenters. The van der Waals surface area contributed by atoms with Crippen molar-refractivity contribution in [3.63, 3.8) is 0 Å². The number of nitrogens with one attached hydrogen (secondary N) is 2. The number of aryl methyl sites for hydroxylation is 1. The van der Waals surface area contributed by atoms with Gasteiger partial charge < -0.3 is 15.0 Å². The molecular weight excluding hydrogens is 374 g/mol. The number of H-pyrrole nitrogens is 1. The summed E-state index contributed by atoms with van der Waals surface area (Å²) in [6.45, 7) is 0.671. The molecule has 0 spiro atoms. The fraction of sp³-hybridized carbons (Fsp3) is 0.200. The molecule has 0 radical (unpaired) electrons. The van der Waals surface area contributed by atoms with Crippen LogP contribution in [0.5, 0.6) is 5.75 Å². The van der Waals surface area contributed by atoms with Crippen LogP contribution >= 0.6 is 0 Å². The van der Waals surface area contributed by atoms with Gasteiger partial charge in [-0.1, -0.05) is 36.4 Å². The van der Waals surface area contributed by atoms with E-state index in [-0.39, 0.29) is 5.91 Å². The molecule has 0 saturated heterocycles. The molecule has 2 heterocycles. The van der Waals surface area contributed by atoms with Crippen LogP contribution in [0.3, 0.4) is 0 Å². The minimum atomic E-state index is 0.0446. The summed E-state index contributed by atoms with van der Waals surface area (Å²) in [5.74, 6) is 0.842. The molecule has 5 nitrogen and oxygen atoms in total. The van der Waals surface area contributed by atoms with Gasteiger partial charge in [0.15, 0.2) is 0 Å². The summed E-state index contributed by atoms with van der Waals surface area (Å²) in [5.41, 5.74) is 5.42. The average Bonchev–Trinajstić information content (AvgIpc) is 3.26. The van der Waals surface area contributed by atoms with Gasteiger partial charge >= 0.3 is 0 Å². The molecule has 0 saturated carbocycles. The van der Waals surface area contributed by atoms with Gasteiger partial charge in [0, 0.05) is 29.9 Å². The van der Waals surface area contributed by atoms with Crippen LogP contribution in [0.2, 0.25) is 0 Å². The van der Waals surface area contributed by atoms with Crippen LogP contribution < -0.4 is 10.1 Å². The quantitative estimate of drug-likeness (QED) is 0.428. The highest BCUT2D eigenvalue weighted by Gasteiger charge is 2.05. The molecule has 2 aromatic heterocycles. The van der Waals surface area contributed by atoms with Crippen molar-refractivity contribution >= 4 is 16.9 Å². The van der Waals surface area contributed by atoms with E-state index >= 15 is 0 Å². The first-order chi connectivity index (χ1) is 14.7. The molecule has 0 fully saturated rings. The van der Waals surface area contributed by atoms with E-state index in [0.717, 1.165) is 46.3 Å².